The molecule has 0 fully saturated rings. The largest absolute Gasteiger partial charge is 0.379 e. The summed E-state index contributed by atoms with van der Waals surface area (Å²) in [6.45, 7) is 1.81. The molecule has 0 aliphatic rings. The molecule has 1 unspecified atom stereocenters. The second-order valence-electron chi connectivity index (χ2n) is 6.05. The Hall–Kier alpha value is -2.42. The van der Waals surface area contributed by atoms with Crippen molar-refractivity contribution in [2.24, 2.45) is 0 Å². The van der Waals surface area contributed by atoms with Crippen LogP contribution in [-0.4, -0.2) is 23.3 Å². The molecule has 0 aromatic heterocycles. The van der Waals surface area contributed by atoms with Gasteiger partial charge in [0.1, 0.15) is 6.23 Å². The summed E-state index contributed by atoms with van der Waals surface area (Å²) in [6, 6.07) is 31.1. The van der Waals surface area contributed by atoms with E-state index in [0.717, 1.165) is 16.7 Å². The summed E-state index contributed by atoms with van der Waals surface area (Å²) >= 11 is 0. The van der Waals surface area contributed by atoms with Crippen molar-refractivity contribution in [1.82, 2.24) is 4.90 Å². The molecule has 0 aliphatic heterocycles. The van der Waals surface area contributed by atoms with Crippen LogP contribution < -0.4 is 0 Å². The minimum absolute atomic E-state index is 0.558. The van der Waals surface area contributed by atoms with E-state index >= 15 is 0 Å². The zero-order valence-corrected chi connectivity index (χ0v) is 14.1. The van der Waals surface area contributed by atoms with Gasteiger partial charge in [0, 0.05) is 0 Å². The molecule has 3 aromatic rings. The molecule has 24 heavy (non-hydrogen) atoms. The molecule has 0 saturated heterocycles. The first-order chi connectivity index (χ1) is 11.7. The lowest BCUT2D eigenvalue weighted by Gasteiger charge is -2.45. The van der Waals surface area contributed by atoms with Crippen LogP contribution in [0.2, 0.25) is 0 Å². The second-order valence-corrected chi connectivity index (χ2v) is 6.05. The molecule has 0 bridgehead atoms. The van der Waals surface area contributed by atoms with Crippen molar-refractivity contribution in [2.75, 3.05) is 7.05 Å². The zero-order valence-electron chi connectivity index (χ0n) is 14.1. The van der Waals surface area contributed by atoms with Crippen LogP contribution in [0.25, 0.3) is 0 Å². The lowest BCUT2D eigenvalue weighted by atomic mass is 9.75. The first-order valence-electron chi connectivity index (χ1n) is 8.25. The maximum absolute atomic E-state index is 10.5. The summed E-state index contributed by atoms with van der Waals surface area (Å²) in [5.74, 6) is 0. The molecule has 2 heteroatoms. The highest BCUT2D eigenvalue weighted by molar-refractivity contribution is 5.49. The fourth-order valence-electron chi connectivity index (χ4n) is 3.43. The van der Waals surface area contributed by atoms with Gasteiger partial charge in [0.2, 0.25) is 0 Å². The van der Waals surface area contributed by atoms with E-state index in [-0.39, 0.29) is 0 Å². The Kier molecular flexibility index (Phi) is 4.79. The van der Waals surface area contributed by atoms with Gasteiger partial charge in [-0.1, -0.05) is 91.0 Å². The molecule has 2 nitrogen and oxygen atoms in total. The smallest absolute Gasteiger partial charge is 0.105 e. The van der Waals surface area contributed by atoms with Crippen molar-refractivity contribution in [1.29, 1.82) is 0 Å². The zero-order chi connectivity index (χ0) is 17.0. The predicted molar refractivity (Wildman–Crippen MR) is 98.7 cm³/mol. The first kappa shape index (κ1) is 16.4. The molecule has 0 amide bonds. The third-order valence-corrected chi connectivity index (χ3v) is 4.66. The number of hydrogen-bond acceptors (Lipinski definition) is 2. The summed E-state index contributed by atoms with van der Waals surface area (Å²) in [5, 5.41) is 10.5. The highest BCUT2D eigenvalue weighted by atomic mass is 16.3. The minimum atomic E-state index is -0.606. The van der Waals surface area contributed by atoms with Crippen LogP contribution in [0.15, 0.2) is 91.0 Å². The Morgan fingerprint density at radius 1 is 0.667 bits per heavy atom. The Balaban J connectivity index is 2.37. The summed E-state index contributed by atoms with van der Waals surface area (Å²) in [4.78, 5) is 2.02. The Labute approximate surface area is 144 Å². The number of aliphatic hydroxyl groups excluding tert-OH is 1. The van der Waals surface area contributed by atoms with E-state index in [1.165, 1.54) is 0 Å². The maximum atomic E-state index is 10.5. The average molecular weight is 317 g/mol. The number of aliphatic hydroxyl groups is 1. The first-order valence-corrected chi connectivity index (χ1v) is 8.25. The Bertz CT molecular complexity index is 657. The van der Waals surface area contributed by atoms with Crippen LogP contribution in [0.5, 0.6) is 0 Å². The van der Waals surface area contributed by atoms with Gasteiger partial charge in [-0.15, -0.1) is 0 Å². The number of nitrogens with zero attached hydrogens (tertiary/aromatic N) is 1. The van der Waals surface area contributed by atoms with Crippen LogP contribution in [0, 0.1) is 0 Å². The van der Waals surface area contributed by atoms with Crippen LogP contribution in [0.3, 0.4) is 0 Å². The molecule has 3 rings (SSSR count). The lowest BCUT2D eigenvalue weighted by molar-refractivity contribution is -0.0105. The molecule has 122 valence electrons. The lowest BCUT2D eigenvalue weighted by Crippen LogP contribution is -2.50. The number of hydrogen-bond donors (Lipinski definition) is 1. The van der Waals surface area contributed by atoms with Gasteiger partial charge in [0.15, 0.2) is 0 Å². The van der Waals surface area contributed by atoms with Crippen molar-refractivity contribution < 1.29 is 5.11 Å². The van der Waals surface area contributed by atoms with E-state index in [9.17, 15) is 5.11 Å². The van der Waals surface area contributed by atoms with Crippen LogP contribution >= 0.6 is 0 Å². The fraction of sp³-hybridized carbons (Fsp3) is 0.182. The third kappa shape index (κ3) is 2.75. The standard InChI is InChI=1S/C22H23NO/c1-18(24)23(2)22(19-12-6-3-7-13-19,20-14-8-4-9-15-20)21-16-10-5-11-17-21/h3-18,24H,1-2H3. The van der Waals surface area contributed by atoms with Crippen LogP contribution in [0.1, 0.15) is 23.6 Å². The normalized spacial score (nSPS) is 13.0. The Morgan fingerprint density at radius 3 is 1.21 bits per heavy atom. The monoisotopic (exact) mass is 317 g/mol. The Morgan fingerprint density at radius 2 is 0.958 bits per heavy atom. The molecule has 0 spiro atoms. The molecule has 1 atom stereocenters. The molecule has 0 aliphatic carbocycles. The molecule has 3 aromatic carbocycles. The van der Waals surface area contributed by atoms with E-state index in [2.05, 4.69) is 36.4 Å². The van der Waals surface area contributed by atoms with Crippen molar-refractivity contribution in [3.63, 3.8) is 0 Å². The van der Waals surface area contributed by atoms with Crippen molar-refractivity contribution >= 4 is 0 Å². The summed E-state index contributed by atoms with van der Waals surface area (Å²) in [5.41, 5.74) is 2.83. The molecule has 1 N–H and O–H groups in total. The molecule has 0 saturated carbocycles. The van der Waals surface area contributed by atoms with Gasteiger partial charge in [-0.05, 0) is 30.7 Å². The summed E-state index contributed by atoms with van der Waals surface area (Å²) < 4.78 is 0. The fourth-order valence-corrected chi connectivity index (χ4v) is 3.43. The van der Waals surface area contributed by atoms with E-state index in [0.29, 0.717) is 0 Å². The maximum Gasteiger partial charge on any atom is 0.105 e. The molecular formula is C22H23NO. The van der Waals surface area contributed by atoms with Crippen molar-refractivity contribution in [3.05, 3.63) is 108 Å². The van der Waals surface area contributed by atoms with E-state index in [4.69, 9.17) is 0 Å². The molecular weight excluding hydrogens is 294 g/mol. The van der Waals surface area contributed by atoms with E-state index in [1.807, 2.05) is 73.5 Å². The highest BCUT2D eigenvalue weighted by Gasteiger charge is 2.41. The van der Waals surface area contributed by atoms with Crippen LogP contribution in [0.4, 0.5) is 0 Å². The number of benzene rings is 3. The minimum Gasteiger partial charge on any atom is -0.379 e. The molecule has 0 radical (unpaired) electrons. The summed E-state index contributed by atoms with van der Waals surface area (Å²) in [7, 11) is 1.97. The van der Waals surface area contributed by atoms with Gasteiger partial charge < -0.3 is 5.11 Å². The van der Waals surface area contributed by atoms with Gasteiger partial charge >= 0.3 is 0 Å². The van der Waals surface area contributed by atoms with Crippen LogP contribution in [-0.2, 0) is 5.54 Å². The predicted octanol–water partition coefficient (Wildman–Crippen LogP) is 4.25. The third-order valence-electron chi connectivity index (χ3n) is 4.66. The van der Waals surface area contributed by atoms with Gasteiger partial charge in [-0.25, -0.2) is 0 Å². The SMILES string of the molecule is CC(O)N(C)C(c1ccccc1)(c1ccccc1)c1ccccc1. The highest BCUT2D eigenvalue weighted by Crippen LogP contribution is 2.42. The van der Waals surface area contributed by atoms with Gasteiger partial charge in [-0.2, -0.15) is 0 Å². The van der Waals surface area contributed by atoms with Crippen molar-refractivity contribution in [3.8, 4) is 0 Å². The van der Waals surface area contributed by atoms with Gasteiger partial charge in [0.25, 0.3) is 0 Å². The van der Waals surface area contributed by atoms with E-state index < -0.39 is 11.8 Å². The quantitative estimate of drug-likeness (QED) is 0.562. The summed E-state index contributed by atoms with van der Waals surface area (Å²) in [6.07, 6.45) is -0.606. The molecule has 0 heterocycles. The van der Waals surface area contributed by atoms with Gasteiger partial charge in [-0.3, -0.25) is 4.90 Å². The topological polar surface area (TPSA) is 23.5 Å². The van der Waals surface area contributed by atoms with Gasteiger partial charge in [0.05, 0.1) is 5.54 Å². The second kappa shape index (κ2) is 7.00. The van der Waals surface area contributed by atoms with Crippen molar-refractivity contribution in [2.45, 2.75) is 18.7 Å². The number of rotatable bonds is 5. The van der Waals surface area contributed by atoms with E-state index in [1.54, 1.807) is 0 Å². The average Bonchev–Trinajstić information content (AvgIpc) is 2.65.